The molecular formula is C22H33FN6O3. The van der Waals surface area contributed by atoms with Crippen LogP contribution in [0.2, 0.25) is 0 Å². The number of nitrogens with zero attached hydrogens (tertiary/aromatic N) is 4. The van der Waals surface area contributed by atoms with Gasteiger partial charge in [0.2, 0.25) is 0 Å². The number of halogens is 1. The van der Waals surface area contributed by atoms with E-state index < -0.39 is 0 Å². The lowest BCUT2D eigenvalue weighted by molar-refractivity contribution is 0.0941. The lowest BCUT2D eigenvalue weighted by atomic mass is 10.1. The molecule has 0 saturated carbocycles. The molecule has 0 aliphatic heterocycles. The average Bonchev–Trinajstić information content (AvgIpc) is 3.26. The molecule has 0 bridgehead atoms. The molecule has 1 heterocycles. The zero-order valence-corrected chi connectivity index (χ0v) is 19.1. The van der Waals surface area contributed by atoms with Crippen molar-refractivity contribution in [2.24, 2.45) is 0 Å². The zero-order valence-electron chi connectivity index (χ0n) is 19.1. The average molecular weight is 449 g/mol. The second-order valence-corrected chi connectivity index (χ2v) is 7.60. The lowest BCUT2D eigenvalue weighted by Gasteiger charge is -2.13. The van der Waals surface area contributed by atoms with Crippen molar-refractivity contribution in [3.63, 3.8) is 0 Å². The first-order chi connectivity index (χ1) is 15.5. The number of alkyl halides is 1. The molecule has 0 aliphatic rings. The van der Waals surface area contributed by atoms with E-state index in [0.717, 1.165) is 19.3 Å². The van der Waals surface area contributed by atoms with Crippen molar-refractivity contribution >= 4 is 11.8 Å². The highest BCUT2D eigenvalue weighted by molar-refractivity contribution is 5.95. The van der Waals surface area contributed by atoms with E-state index in [-0.39, 0.29) is 24.2 Å². The van der Waals surface area contributed by atoms with E-state index in [4.69, 9.17) is 4.74 Å². The summed E-state index contributed by atoms with van der Waals surface area (Å²) in [6, 6.07) is 5.04. The number of hydrogen-bond acceptors (Lipinski definition) is 6. The number of carbonyl (C=O) groups is 2. The van der Waals surface area contributed by atoms with Crippen molar-refractivity contribution in [3.8, 4) is 11.4 Å². The molecule has 1 aromatic heterocycles. The number of unbranched alkanes of at least 4 members (excludes halogenated alkanes) is 3. The molecule has 0 spiro atoms. The van der Waals surface area contributed by atoms with Crippen molar-refractivity contribution in [2.75, 3.05) is 47.0 Å². The summed E-state index contributed by atoms with van der Waals surface area (Å²) in [6.07, 6.45) is 4.51. The molecule has 32 heavy (non-hydrogen) atoms. The predicted molar refractivity (Wildman–Crippen MR) is 120 cm³/mol. The summed E-state index contributed by atoms with van der Waals surface area (Å²) in [5.74, 6) is -0.0533. The first-order valence-electron chi connectivity index (χ1n) is 10.9. The van der Waals surface area contributed by atoms with Crippen molar-refractivity contribution in [3.05, 3.63) is 35.7 Å². The van der Waals surface area contributed by atoms with Gasteiger partial charge in [-0.05, 0) is 58.5 Å². The number of benzene rings is 1. The Morgan fingerprint density at radius 3 is 2.62 bits per heavy atom. The van der Waals surface area contributed by atoms with Gasteiger partial charge in [0.15, 0.2) is 5.69 Å². The SMILES string of the molecule is CCNC(=O)c1ccc(-n2cc(C(=O)NCCN(C)C)nn2)c(OCCCCCCF)c1. The molecule has 0 saturated heterocycles. The highest BCUT2D eigenvalue weighted by atomic mass is 19.1. The van der Waals surface area contributed by atoms with Crippen LogP contribution in [0.5, 0.6) is 5.75 Å². The van der Waals surface area contributed by atoms with E-state index in [2.05, 4.69) is 20.9 Å². The molecule has 2 aromatic rings. The topological polar surface area (TPSA) is 101 Å². The number of amides is 2. The number of aromatic nitrogens is 3. The molecule has 0 atom stereocenters. The van der Waals surface area contributed by atoms with Crippen LogP contribution < -0.4 is 15.4 Å². The maximum Gasteiger partial charge on any atom is 0.273 e. The molecule has 0 aliphatic carbocycles. The summed E-state index contributed by atoms with van der Waals surface area (Å²) in [5.41, 5.74) is 1.22. The Labute approximate surface area is 188 Å². The number of ether oxygens (including phenoxy) is 1. The fourth-order valence-electron chi connectivity index (χ4n) is 2.92. The predicted octanol–water partition coefficient (Wildman–Crippen LogP) is 2.22. The highest BCUT2D eigenvalue weighted by Gasteiger charge is 2.16. The molecular weight excluding hydrogens is 415 g/mol. The molecule has 0 radical (unpaired) electrons. The third-order valence-electron chi connectivity index (χ3n) is 4.66. The highest BCUT2D eigenvalue weighted by Crippen LogP contribution is 2.25. The van der Waals surface area contributed by atoms with Crippen LogP contribution in [0.25, 0.3) is 5.69 Å². The maximum atomic E-state index is 12.3. The number of nitrogens with one attached hydrogen (secondary N) is 2. The molecule has 2 rings (SSSR count). The van der Waals surface area contributed by atoms with Gasteiger partial charge in [-0.2, -0.15) is 0 Å². The van der Waals surface area contributed by atoms with Crippen LogP contribution >= 0.6 is 0 Å². The zero-order chi connectivity index (χ0) is 23.3. The largest absolute Gasteiger partial charge is 0.491 e. The van der Waals surface area contributed by atoms with Crippen LogP contribution in [0.15, 0.2) is 24.4 Å². The lowest BCUT2D eigenvalue weighted by Crippen LogP contribution is -2.31. The molecule has 2 N–H and O–H groups in total. The quantitative estimate of drug-likeness (QED) is 0.430. The van der Waals surface area contributed by atoms with E-state index in [1.165, 1.54) is 10.9 Å². The van der Waals surface area contributed by atoms with E-state index >= 15 is 0 Å². The Morgan fingerprint density at radius 2 is 1.91 bits per heavy atom. The Morgan fingerprint density at radius 1 is 1.12 bits per heavy atom. The Kier molecular flexibility index (Phi) is 10.6. The summed E-state index contributed by atoms with van der Waals surface area (Å²) in [5, 5.41) is 13.6. The number of hydrogen-bond donors (Lipinski definition) is 2. The van der Waals surface area contributed by atoms with Gasteiger partial charge in [-0.15, -0.1) is 5.10 Å². The fraction of sp³-hybridized carbons (Fsp3) is 0.545. The summed E-state index contributed by atoms with van der Waals surface area (Å²) in [6.45, 7) is 3.69. The van der Waals surface area contributed by atoms with Gasteiger partial charge >= 0.3 is 0 Å². The second kappa shape index (κ2) is 13.4. The smallest absolute Gasteiger partial charge is 0.273 e. The Hall–Kier alpha value is -3.01. The van der Waals surface area contributed by atoms with Crippen molar-refractivity contribution in [1.29, 1.82) is 0 Å². The minimum atomic E-state index is -0.313. The number of rotatable bonds is 14. The second-order valence-electron chi connectivity index (χ2n) is 7.60. The van der Waals surface area contributed by atoms with E-state index in [0.29, 0.717) is 49.7 Å². The van der Waals surface area contributed by atoms with Gasteiger partial charge in [0.05, 0.1) is 19.5 Å². The summed E-state index contributed by atoms with van der Waals surface area (Å²) >= 11 is 0. The minimum absolute atomic E-state index is 0.189. The van der Waals surface area contributed by atoms with Gasteiger partial charge in [-0.3, -0.25) is 14.0 Å². The molecule has 1 aromatic carbocycles. The van der Waals surface area contributed by atoms with Gasteiger partial charge in [0, 0.05) is 25.2 Å². The van der Waals surface area contributed by atoms with Gasteiger partial charge < -0.3 is 20.3 Å². The number of carbonyl (C=O) groups excluding carboxylic acids is 2. The monoisotopic (exact) mass is 448 g/mol. The standard InChI is InChI=1S/C22H33FN6O3/c1-4-24-21(30)17-9-10-19(20(15-17)32-14-8-6-5-7-11-23)29-16-18(26-27-29)22(31)25-12-13-28(2)3/h9-10,15-16H,4-8,11-14H2,1-3H3,(H,24,30)(H,25,31). The minimum Gasteiger partial charge on any atom is -0.491 e. The first kappa shape index (κ1) is 25.3. The Balaban J connectivity index is 2.15. The number of likely N-dealkylation sites (N-methyl/N-ethyl adjacent to an activating group) is 1. The molecule has 10 heteroatoms. The van der Waals surface area contributed by atoms with Gasteiger partial charge in [0.25, 0.3) is 11.8 Å². The normalized spacial score (nSPS) is 10.9. The molecule has 0 unspecified atom stereocenters. The molecule has 2 amide bonds. The van der Waals surface area contributed by atoms with E-state index in [1.807, 2.05) is 25.9 Å². The van der Waals surface area contributed by atoms with Crippen LogP contribution in [0.4, 0.5) is 4.39 Å². The molecule has 9 nitrogen and oxygen atoms in total. The van der Waals surface area contributed by atoms with Crippen LogP contribution in [0.1, 0.15) is 53.5 Å². The molecule has 176 valence electrons. The van der Waals surface area contributed by atoms with Crippen molar-refractivity contribution in [2.45, 2.75) is 32.6 Å². The third-order valence-corrected chi connectivity index (χ3v) is 4.66. The maximum absolute atomic E-state index is 12.3. The van der Waals surface area contributed by atoms with Gasteiger partial charge in [-0.1, -0.05) is 11.6 Å². The van der Waals surface area contributed by atoms with Crippen LogP contribution in [-0.2, 0) is 0 Å². The third kappa shape index (κ3) is 7.92. The van der Waals surface area contributed by atoms with Crippen molar-refractivity contribution in [1.82, 2.24) is 30.5 Å². The summed E-state index contributed by atoms with van der Waals surface area (Å²) < 4.78 is 19.6. The van der Waals surface area contributed by atoms with Gasteiger partial charge in [0.1, 0.15) is 11.4 Å². The van der Waals surface area contributed by atoms with Crippen LogP contribution in [0, 0.1) is 0 Å². The Bertz CT molecular complexity index is 871. The van der Waals surface area contributed by atoms with Crippen LogP contribution in [0.3, 0.4) is 0 Å². The molecule has 0 fully saturated rings. The summed E-state index contributed by atoms with van der Waals surface area (Å²) in [4.78, 5) is 26.5. The van der Waals surface area contributed by atoms with Gasteiger partial charge in [-0.25, -0.2) is 4.68 Å². The van der Waals surface area contributed by atoms with E-state index in [1.54, 1.807) is 18.2 Å². The van der Waals surface area contributed by atoms with Crippen molar-refractivity contribution < 1.29 is 18.7 Å². The van der Waals surface area contributed by atoms with Crippen LogP contribution in [-0.4, -0.2) is 78.7 Å². The van der Waals surface area contributed by atoms with E-state index in [9.17, 15) is 14.0 Å². The summed E-state index contributed by atoms with van der Waals surface area (Å²) in [7, 11) is 3.85. The fourth-order valence-corrected chi connectivity index (χ4v) is 2.92. The first-order valence-corrected chi connectivity index (χ1v) is 10.9.